The van der Waals surface area contributed by atoms with Crippen LogP contribution in [0.2, 0.25) is 0 Å². The van der Waals surface area contributed by atoms with Crippen LogP contribution in [-0.4, -0.2) is 17.8 Å². The normalized spacial score (nSPS) is 12.8. The van der Waals surface area contributed by atoms with Crippen LogP contribution < -0.4 is 5.32 Å². The second-order valence-electron chi connectivity index (χ2n) is 3.51. The fourth-order valence-corrected chi connectivity index (χ4v) is 1.23. The van der Waals surface area contributed by atoms with Crippen LogP contribution in [0.15, 0.2) is 18.2 Å². The van der Waals surface area contributed by atoms with Crippen molar-refractivity contribution in [3.8, 4) is 0 Å². The quantitative estimate of drug-likeness (QED) is 0.734. The molecule has 0 spiro atoms. The van der Waals surface area contributed by atoms with E-state index in [4.69, 9.17) is 5.11 Å². The van der Waals surface area contributed by atoms with Gasteiger partial charge in [-0.3, -0.25) is 0 Å². The Labute approximate surface area is 87.9 Å². The Morgan fingerprint density at radius 1 is 1.33 bits per heavy atom. The predicted octanol–water partition coefficient (Wildman–Crippen LogP) is 1.83. The van der Waals surface area contributed by atoms with Crippen LogP contribution in [0, 0.1) is 11.6 Å². The summed E-state index contributed by atoms with van der Waals surface area (Å²) in [7, 11) is 0. The molecule has 0 radical (unpaired) electrons. The highest BCUT2D eigenvalue weighted by Gasteiger charge is 2.07. The van der Waals surface area contributed by atoms with Crippen molar-refractivity contribution in [3.05, 3.63) is 35.4 Å². The van der Waals surface area contributed by atoms with E-state index in [1.54, 1.807) is 6.92 Å². The largest absolute Gasteiger partial charge is 0.393 e. The van der Waals surface area contributed by atoms with Crippen molar-refractivity contribution in [1.82, 2.24) is 5.32 Å². The van der Waals surface area contributed by atoms with E-state index in [2.05, 4.69) is 5.32 Å². The predicted molar refractivity (Wildman–Crippen MR) is 54.4 cm³/mol. The molecular formula is C11H15F2NO. The second-order valence-corrected chi connectivity index (χ2v) is 3.51. The molecular weight excluding hydrogens is 200 g/mol. The number of halogens is 2. The van der Waals surface area contributed by atoms with Crippen LogP contribution in [0.1, 0.15) is 18.9 Å². The lowest BCUT2D eigenvalue weighted by molar-refractivity contribution is 0.183. The number of rotatable bonds is 5. The molecule has 0 bridgehead atoms. The summed E-state index contributed by atoms with van der Waals surface area (Å²) >= 11 is 0. The lowest BCUT2D eigenvalue weighted by Crippen LogP contribution is -2.20. The third-order valence-electron chi connectivity index (χ3n) is 2.10. The summed E-state index contributed by atoms with van der Waals surface area (Å²) in [5.74, 6) is -1.08. The van der Waals surface area contributed by atoms with Gasteiger partial charge in [-0.15, -0.1) is 0 Å². The highest BCUT2D eigenvalue weighted by molar-refractivity contribution is 5.19. The van der Waals surface area contributed by atoms with Gasteiger partial charge in [-0.2, -0.15) is 0 Å². The van der Waals surface area contributed by atoms with Gasteiger partial charge in [-0.25, -0.2) is 8.78 Å². The van der Waals surface area contributed by atoms with E-state index in [-0.39, 0.29) is 12.1 Å². The molecule has 4 heteroatoms. The summed E-state index contributed by atoms with van der Waals surface area (Å²) in [6, 6.07) is 3.80. The van der Waals surface area contributed by atoms with Crippen molar-refractivity contribution >= 4 is 0 Å². The lowest BCUT2D eigenvalue weighted by atomic mass is 10.2. The molecule has 0 heterocycles. The van der Waals surface area contributed by atoms with Gasteiger partial charge in [0.1, 0.15) is 11.6 Å². The molecule has 84 valence electrons. The molecule has 0 fully saturated rings. The summed E-state index contributed by atoms with van der Waals surface area (Å²) in [4.78, 5) is 0. The first-order valence-corrected chi connectivity index (χ1v) is 4.93. The third kappa shape index (κ3) is 3.93. The van der Waals surface area contributed by atoms with Gasteiger partial charge in [0.25, 0.3) is 0 Å². The van der Waals surface area contributed by atoms with Gasteiger partial charge in [-0.05, 0) is 32.0 Å². The van der Waals surface area contributed by atoms with Crippen LogP contribution in [0.5, 0.6) is 0 Å². The highest BCUT2D eigenvalue weighted by atomic mass is 19.1. The number of aliphatic hydroxyl groups is 1. The van der Waals surface area contributed by atoms with Crippen molar-refractivity contribution in [2.45, 2.75) is 26.0 Å². The Hall–Kier alpha value is -1.00. The second kappa shape index (κ2) is 5.78. The summed E-state index contributed by atoms with van der Waals surface area (Å²) in [6.07, 6.45) is 0.166. The zero-order chi connectivity index (χ0) is 11.3. The van der Waals surface area contributed by atoms with Crippen molar-refractivity contribution in [2.24, 2.45) is 0 Å². The van der Waals surface area contributed by atoms with E-state index in [0.717, 1.165) is 0 Å². The van der Waals surface area contributed by atoms with Crippen molar-refractivity contribution in [3.63, 3.8) is 0 Å². The van der Waals surface area contributed by atoms with Gasteiger partial charge in [0.05, 0.1) is 6.10 Å². The molecule has 0 aliphatic carbocycles. The van der Waals surface area contributed by atoms with Crippen LogP contribution in [0.4, 0.5) is 8.78 Å². The molecule has 1 rings (SSSR count). The van der Waals surface area contributed by atoms with Gasteiger partial charge < -0.3 is 10.4 Å². The average Bonchev–Trinajstić information content (AvgIpc) is 2.15. The number of hydrogen-bond acceptors (Lipinski definition) is 2. The smallest absolute Gasteiger partial charge is 0.130 e. The minimum Gasteiger partial charge on any atom is -0.393 e. The minimum atomic E-state index is -0.542. The summed E-state index contributed by atoms with van der Waals surface area (Å²) in [5, 5.41) is 11.8. The number of nitrogens with one attached hydrogen (secondary N) is 1. The Balaban J connectivity index is 2.43. The van der Waals surface area contributed by atoms with E-state index < -0.39 is 17.7 Å². The van der Waals surface area contributed by atoms with E-state index >= 15 is 0 Å². The number of hydrogen-bond donors (Lipinski definition) is 2. The molecule has 15 heavy (non-hydrogen) atoms. The topological polar surface area (TPSA) is 32.3 Å². The Morgan fingerprint density at radius 3 is 2.47 bits per heavy atom. The summed E-state index contributed by atoms with van der Waals surface area (Å²) in [5.41, 5.74) is 0.0445. The Morgan fingerprint density at radius 2 is 1.93 bits per heavy atom. The van der Waals surface area contributed by atoms with Gasteiger partial charge >= 0.3 is 0 Å². The van der Waals surface area contributed by atoms with Crippen LogP contribution in [0.25, 0.3) is 0 Å². The van der Waals surface area contributed by atoms with E-state index in [1.165, 1.54) is 18.2 Å². The Kier molecular flexibility index (Phi) is 4.65. The lowest BCUT2D eigenvalue weighted by Gasteiger charge is -2.08. The summed E-state index contributed by atoms with van der Waals surface area (Å²) < 4.78 is 26.2. The van der Waals surface area contributed by atoms with Crippen molar-refractivity contribution in [2.75, 3.05) is 6.54 Å². The van der Waals surface area contributed by atoms with E-state index in [9.17, 15) is 8.78 Å². The van der Waals surface area contributed by atoms with Gasteiger partial charge in [0.15, 0.2) is 0 Å². The van der Waals surface area contributed by atoms with Gasteiger partial charge in [-0.1, -0.05) is 6.07 Å². The van der Waals surface area contributed by atoms with Crippen molar-refractivity contribution < 1.29 is 13.9 Å². The third-order valence-corrected chi connectivity index (χ3v) is 2.10. The average molecular weight is 215 g/mol. The molecule has 0 aliphatic rings. The fourth-order valence-electron chi connectivity index (χ4n) is 1.23. The number of benzene rings is 1. The maximum Gasteiger partial charge on any atom is 0.130 e. The maximum atomic E-state index is 13.1. The summed E-state index contributed by atoms with van der Waals surface area (Å²) in [6.45, 7) is 2.35. The molecule has 0 amide bonds. The molecule has 0 aromatic heterocycles. The van der Waals surface area contributed by atoms with E-state index in [1.807, 2.05) is 0 Å². The molecule has 1 aromatic rings. The molecule has 2 nitrogen and oxygen atoms in total. The molecule has 2 N–H and O–H groups in total. The van der Waals surface area contributed by atoms with Crippen LogP contribution in [0.3, 0.4) is 0 Å². The first kappa shape index (κ1) is 12.1. The molecule has 1 aromatic carbocycles. The molecule has 0 saturated heterocycles. The first-order chi connectivity index (χ1) is 7.11. The van der Waals surface area contributed by atoms with Crippen LogP contribution in [-0.2, 0) is 6.54 Å². The molecule has 0 aliphatic heterocycles. The van der Waals surface area contributed by atoms with Crippen molar-refractivity contribution in [1.29, 1.82) is 0 Å². The Bertz CT molecular complexity index is 295. The van der Waals surface area contributed by atoms with E-state index in [0.29, 0.717) is 13.0 Å². The maximum absolute atomic E-state index is 13.1. The minimum absolute atomic E-state index is 0.0445. The highest BCUT2D eigenvalue weighted by Crippen LogP contribution is 2.11. The fraction of sp³-hybridized carbons (Fsp3) is 0.455. The molecule has 1 atom stereocenters. The molecule has 0 saturated carbocycles. The number of aliphatic hydroxyl groups excluding tert-OH is 1. The standard InChI is InChI=1S/C11H15F2NO/c1-8(15)5-6-14-7-9-10(12)3-2-4-11(9)13/h2-4,8,14-15H,5-7H2,1H3/t8-/m1/s1. The van der Waals surface area contributed by atoms with Crippen LogP contribution >= 0.6 is 0 Å². The SMILES string of the molecule is C[C@@H](O)CCNCc1c(F)cccc1F. The zero-order valence-corrected chi connectivity index (χ0v) is 8.63. The first-order valence-electron chi connectivity index (χ1n) is 4.93. The molecule has 0 unspecified atom stereocenters. The zero-order valence-electron chi connectivity index (χ0n) is 8.63. The van der Waals surface area contributed by atoms with Gasteiger partial charge in [0.2, 0.25) is 0 Å². The van der Waals surface area contributed by atoms with Gasteiger partial charge in [0, 0.05) is 12.1 Å². The monoisotopic (exact) mass is 215 g/mol.